The summed E-state index contributed by atoms with van der Waals surface area (Å²) >= 11 is 0. The maximum absolute atomic E-state index is 11.8. The minimum atomic E-state index is 0.165. The number of piperidine rings is 1. The largest absolute Gasteiger partial charge is 0.381 e. The van der Waals surface area contributed by atoms with Crippen LogP contribution in [0.25, 0.3) is 0 Å². The summed E-state index contributed by atoms with van der Waals surface area (Å²) in [6.45, 7) is 7.60. The van der Waals surface area contributed by atoms with Crippen molar-refractivity contribution >= 4 is 5.91 Å². The second-order valence-electron chi connectivity index (χ2n) is 4.65. The Morgan fingerprint density at radius 3 is 2.38 bits per heavy atom. The molecule has 2 rings (SSSR count). The Bertz CT molecular complexity index is 194. The number of ether oxygens (including phenoxy) is 1. The van der Waals surface area contributed by atoms with E-state index < -0.39 is 0 Å². The summed E-state index contributed by atoms with van der Waals surface area (Å²) in [5, 5.41) is 0. The average molecular weight is 227 g/mol. The topological polar surface area (TPSA) is 29.5 Å². The van der Waals surface area contributed by atoms with Gasteiger partial charge in [0, 0.05) is 19.7 Å². The smallest absolute Gasteiger partial charge is 0.228 e. The Labute approximate surface area is 99.1 Å². The molecule has 0 spiro atoms. The second-order valence-corrected chi connectivity index (χ2v) is 4.65. The van der Waals surface area contributed by atoms with Crippen LogP contribution in [-0.2, 0) is 9.53 Å². The quantitative estimate of drug-likeness (QED) is 0.688. The van der Waals surface area contributed by atoms with Crippen molar-refractivity contribution < 1.29 is 9.53 Å². The van der Waals surface area contributed by atoms with Gasteiger partial charge >= 0.3 is 0 Å². The lowest BCUT2D eigenvalue weighted by Gasteiger charge is -2.28. The van der Waals surface area contributed by atoms with Gasteiger partial charge in [-0.1, -0.05) is 20.3 Å². The number of nitrogens with zero attached hydrogens (tertiary/aromatic N) is 1. The van der Waals surface area contributed by atoms with Gasteiger partial charge in [0.2, 0.25) is 5.91 Å². The fraction of sp³-hybridized carbons (Fsp3) is 0.923. The summed E-state index contributed by atoms with van der Waals surface area (Å²) < 4.78 is 5.22. The third-order valence-electron chi connectivity index (χ3n) is 2.95. The molecule has 1 atom stereocenters. The van der Waals surface area contributed by atoms with Crippen LogP contribution in [0.5, 0.6) is 0 Å². The van der Waals surface area contributed by atoms with Crippen molar-refractivity contribution in [2.75, 3.05) is 26.3 Å². The maximum Gasteiger partial charge on any atom is 0.228 e. The number of hydrogen-bond donors (Lipinski definition) is 0. The molecular weight excluding hydrogens is 202 g/mol. The van der Waals surface area contributed by atoms with Crippen molar-refractivity contribution in [2.24, 2.45) is 5.92 Å². The van der Waals surface area contributed by atoms with Gasteiger partial charge in [0.15, 0.2) is 0 Å². The molecular formula is C13H25NO2. The number of likely N-dealkylation sites (tertiary alicyclic amines) is 1. The molecule has 0 aromatic rings. The van der Waals surface area contributed by atoms with Gasteiger partial charge < -0.3 is 9.64 Å². The number of carbonyl (C=O) groups excluding carboxylic acids is 1. The monoisotopic (exact) mass is 227 g/mol. The molecule has 2 aliphatic rings. The van der Waals surface area contributed by atoms with Crippen LogP contribution in [0.15, 0.2) is 0 Å². The van der Waals surface area contributed by atoms with Crippen LogP contribution >= 0.6 is 0 Å². The first-order chi connectivity index (χ1) is 7.79. The fourth-order valence-electron chi connectivity index (χ4n) is 2.10. The third-order valence-corrected chi connectivity index (χ3v) is 2.95. The van der Waals surface area contributed by atoms with Crippen molar-refractivity contribution in [3.63, 3.8) is 0 Å². The molecule has 2 saturated heterocycles. The zero-order chi connectivity index (χ0) is 11.8. The lowest BCUT2D eigenvalue weighted by atomic mass is 10.0. The van der Waals surface area contributed by atoms with E-state index in [1.54, 1.807) is 0 Å². The van der Waals surface area contributed by atoms with Crippen LogP contribution in [0.4, 0.5) is 0 Å². The zero-order valence-electron chi connectivity index (χ0n) is 10.7. The van der Waals surface area contributed by atoms with Gasteiger partial charge in [-0.05, 0) is 25.7 Å². The highest BCUT2D eigenvalue weighted by atomic mass is 16.5. The number of rotatable bonds is 1. The molecule has 3 nitrogen and oxygen atoms in total. The van der Waals surface area contributed by atoms with Gasteiger partial charge in [-0.2, -0.15) is 0 Å². The van der Waals surface area contributed by atoms with E-state index in [9.17, 15) is 4.79 Å². The van der Waals surface area contributed by atoms with E-state index in [1.165, 1.54) is 25.7 Å². The first-order valence-corrected chi connectivity index (χ1v) is 6.66. The van der Waals surface area contributed by atoms with Crippen molar-refractivity contribution in [3.05, 3.63) is 0 Å². The number of carbonyl (C=O) groups is 1. The van der Waals surface area contributed by atoms with Crippen LogP contribution in [-0.4, -0.2) is 37.1 Å². The highest BCUT2D eigenvalue weighted by molar-refractivity contribution is 5.79. The highest BCUT2D eigenvalue weighted by Gasteiger charge is 2.28. The van der Waals surface area contributed by atoms with Gasteiger partial charge in [-0.25, -0.2) is 0 Å². The minimum Gasteiger partial charge on any atom is -0.381 e. The highest BCUT2D eigenvalue weighted by Crippen LogP contribution is 2.18. The molecule has 0 radical (unpaired) electrons. The zero-order valence-corrected chi connectivity index (χ0v) is 10.7. The Morgan fingerprint density at radius 1 is 1.25 bits per heavy atom. The molecule has 1 unspecified atom stereocenters. The molecule has 2 fully saturated rings. The molecule has 0 saturated carbocycles. The molecule has 0 bridgehead atoms. The lowest BCUT2D eigenvalue weighted by Crippen LogP contribution is -2.39. The predicted molar refractivity (Wildman–Crippen MR) is 65.3 cm³/mol. The summed E-state index contributed by atoms with van der Waals surface area (Å²) in [6, 6.07) is 0. The standard InChI is InChI=1S/C10H17NO2.C3H8/c12-10(9-4-7-13-8-9)11-5-2-1-3-6-11;1-3-2/h9H,1-8H2;3H2,1-2H3. The van der Waals surface area contributed by atoms with Gasteiger partial charge in [0.05, 0.1) is 12.5 Å². The van der Waals surface area contributed by atoms with Gasteiger partial charge in [0.1, 0.15) is 0 Å². The normalized spacial score (nSPS) is 24.9. The van der Waals surface area contributed by atoms with E-state index in [0.29, 0.717) is 12.5 Å². The molecule has 2 heterocycles. The fourth-order valence-corrected chi connectivity index (χ4v) is 2.10. The molecule has 0 aromatic carbocycles. The van der Waals surface area contributed by atoms with Crippen molar-refractivity contribution in [1.29, 1.82) is 0 Å². The molecule has 3 heteroatoms. The Balaban J connectivity index is 0.000000386. The Kier molecular flexibility index (Phi) is 6.46. The van der Waals surface area contributed by atoms with Crippen LogP contribution in [0.1, 0.15) is 46.0 Å². The summed E-state index contributed by atoms with van der Waals surface area (Å²) in [5.41, 5.74) is 0. The van der Waals surface area contributed by atoms with Crippen molar-refractivity contribution in [2.45, 2.75) is 46.0 Å². The van der Waals surface area contributed by atoms with Gasteiger partial charge in [-0.3, -0.25) is 4.79 Å². The Hall–Kier alpha value is -0.570. The van der Waals surface area contributed by atoms with E-state index in [4.69, 9.17) is 4.74 Å². The summed E-state index contributed by atoms with van der Waals surface area (Å²) in [4.78, 5) is 13.9. The molecule has 0 N–H and O–H groups in total. The maximum atomic E-state index is 11.8. The molecule has 1 amide bonds. The van der Waals surface area contributed by atoms with Crippen molar-refractivity contribution in [1.82, 2.24) is 4.90 Å². The lowest BCUT2D eigenvalue weighted by molar-refractivity contribution is -0.136. The third kappa shape index (κ3) is 4.12. The SMILES string of the molecule is CCC.O=C(C1CCOC1)N1CCCCC1. The van der Waals surface area contributed by atoms with E-state index in [2.05, 4.69) is 13.8 Å². The summed E-state index contributed by atoms with van der Waals surface area (Å²) in [6.07, 6.45) is 5.82. The first-order valence-electron chi connectivity index (χ1n) is 6.66. The Morgan fingerprint density at radius 2 is 1.88 bits per heavy atom. The van der Waals surface area contributed by atoms with Gasteiger partial charge in [-0.15, -0.1) is 0 Å². The molecule has 0 aromatic heterocycles. The van der Waals surface area contributed by atoms with E-state index >= 15 is 0 Å². The molecule has 16 heavy (non-hydrogen) atoms. The van der Waals surface area contributed by atoms with E-state index in [-0.39, 0.29) is 5.92 Å². The number of hydrogen-bond acceptors (Lipinski definition) is 2. The van der Waals surface area contributed by atoms with Crippen LogP contribution in [0.3, 0.4) is 0 Å². The molecule has 2 aliphatic heterocycles. The van der Waals surface area contributed by atoms with E-state index in [0.717, 1.165) is 26.1 Å². The van der Waals surface area contributed by atoms with Crippen LogP contribution in [0, 0.1) is 5.92 Å². The predicted octanol–water partition coefficient (Wildman–Crippen LogP) is 2.45. The molecule has 0 aliphatic carbocycles. The van der Waals surface area contributed by atoms with E-state index in [1.807, 2.05) is 4.90 Å². The first kappa shape index (κ1) is 13.5. The minimum absolute atomic E-state index is 0.165. The van der Waals surface area contributed by atoms with Gasteiger partial charge in [0.25, 0.3) is 0 Å². The second kappa shape index (κ2) is 7.66. The number of amides is 1. The molecule has 94 valence electrons. The van der Waals surface area contributed by atoms with Crippen LogP contribution < -0.4 is 0 Å². The van der Waals surface area contributed by atoms with Crippen LogP contribution in [0.2, 0.25) is 0 Å². The summed E-state index contributed by atoms with van der Waals surface area (Å²) in [7, 11) is 0. The summed E-state index contributed by atoms with van der Waals surface area (Å²) in [5.74, 6) is 0.496. The van der Waals surface area contributed by atoms with Crippen molar-refractivity contribution in [3.8, 4) is 0 Å². The average Bonchev–Trinajstić information content (AvgIpc) is 2.84.